The Morgan fingerprint density at radius 3 is 2.54 bits per heavy atom. The van der Waals surface area contributed by atoms with Crippen LogP contribution in [0.15, 0.2) is 18.2 Å². The molecule has 1 aromatic rings. The predicted molar refractivity (Wildman–Crippen MR) is 89.5 cm³/mol. The molecule has 1 aliphatic heterocycles. The number of hydrogen-bond donors (Lipinski definition) is 2. The van der Waals surface area contributed by atoms with Crippen LogP contribution in [0.1, 0.15) is 23.2 Å². The van der Waals surface area contributed by atoms with Crippen molar-refractivity contribution in [2.75, 3.05) is 39.3 Å². The second kappa shape index (κ2) is 10.3. The van der Waals surface area contributed by atoms with Gasteiger partial charge in [0.25, 0.3) is 0 Å². The molecule has 2 rings (SSSR count). The summed E-state index contributed by atoms with van der Waals surface area (Å²) in [6.45, 7) is 5.11. The highest BCUT2D eigenvalue weighted by Crippen LogP contribution is 2.12. The maximum atomic E-state index is 13.5. The van der Waals surface area contributed by atoms with Gasteiger partial charge in [-0.05, 0) is 12.1 Å². The molecule has 0 aromatic heterocycles. The van der Waals surface area contributed by atoms with Gasteiger partial charge in [0.1, 0.15) is 11.6 Å². The Hall–Kier alpha value is -1.57. The summed E-state index contributed by atoms with van der Waals surface area (Å²) in [6, 6.07) is 2.81. The highest BCUT2D eigenvalue weighted by Gasteiger charge is 2.14. The summed E-state index contributed by atoms with van der Waals surface area (Å²) in [7, 11) is 0. The van der Waals surface area contributed by atoms with Crippen LogP contribution in [0.25, 0.3) is 0 Å². The van der Waals surface area contributed by atoms with Crippen LogP contribution in [-0.4, -0.2) is 55.9 Å². The molecule has 0 spiro atoms. The summed E-state index contributed by atoms with van der Waals surface area (Å²) < 4.78 is 26.3. The zero-order valence-electron chi connectivity index (χ0n) is 13.3. The maximum absolute atomic E-state index is 13.5. The van der Waals surface area contributed by atoms with Gasteiger partial charge in [-0.3, -0.25) is 14.5 Å². The quantitative estimate of drug-likeness (QED) is 0.720. The Bertz CT molecular complexity index is 566. The Morgan fingerprint density at radius 1 is 1.17 bits per heavy atom. The van der Waals surface area contributed by atoms with Crippen LogP contribution in [0.2, 0.25) is 0 Å². The van der Waals surface area contributed by atoms with Gasteiger partial charge in [-0.2, -0.15) is 0 Å². The maximum Gasteiger partial charge on any atom is 0.220 e. The van der Waals surface area contributed by atoms with Crippen molar-refractivity contribution in [3.63, 3.8) is 0 Å². The number of Topliss-reactive ketones (excluding diaryl/α,β-unsaturated/α-hetero) is 1. The molecule has 1 aliphatic rings. The molecule has 24 heavy (non-hydrogen) atoms. The van der Waals surface area contributed by atoms with E-state index in [0.717, 1.165) is 44.9 Å². The van der Waals surface area contributed by atoms with Crippen LogP contribution in [-0.2, 0) is 4.79 Å². The number of nitrogens with zero attached hydrogens (tertiary/aromatic N) is 1. The summed E-state index contributed by atoms with van der Waals surface area (Å²) in [5.41, 5.74) is -0.181. The number of ketones is 1. The first-order valence-corrected chi connectivity index (χ1v) is 7.74. The van der Waals surface area contributed by atoms with Crippen molar-refractivity contribution in [1.82, 2.24) is 15.5 Å². The fourth-order valence-corrected chi connectivity index (χ4v) is 2.45. The monoisotopic (exact) mass is 361 g/mol. The minimum atomic E-state index is -0.894. The summed E-state index contributed by atoms with van der Waals surface area (Å²) in [5, 5.41) is 6.00. The molecule has 134 valence electrons. The Kier molecular flexibility index (Phi) is 8.81. The van der Waals surface area contributed by atoms with Crippen molar-refractivity contribution in [2.24, 2.45) is 0 Å². The van der Waals surface area contributed by atoms with E-state index in [9.17, 15) is 18.4 Å². The highest BCUT2D eigenvalue weighted by atomic mass is 35.5. The van der Waals surface area contributed by atoms with Gasteiger partial charge in [0.2, 0.25) is 5.91 Å². The third-order valence-electron chi connectivity index (χ3n) is 3.77. The highest BCUT2D eigenvalue weighted by molar-refractivity contribution is 5.98. The molecule has 5 nitrogen and oxygen atoms in total. The van der Waals surface area contributed by atoms with Crippen LogP contribution in [0.4, 0.5) is 8.78 Å². The summed E-state index contributed by atoms with van der Waals surface area (Å²) in [4.78, 5) is 25.8. The molecule has 8 heteroatoms. The summed E-state index contributed by atoms with van der Waals surface area (Å²) >= 11 is 0. The first-order chi connectivity index (χ1) is 11.1. The van der Waals surface area contributed by atoms with E-state index in [4.69, 9.17) is 0 Å². The van der Waals surface area contributed by atoms with Gasteiger partial charge >= 0.3 is 0 Å². The lowest BCUT2D eigenvalue weighted by Crippen LogP contribution is -2.46. The molecule has 1 aromatic carbocycles. The van der Waals surface area contributed by atoms with E-state index in [1.54, 1.807) is 0 Å². The van der Waals surface area contributed by atoms with E-state index in [2.05, 4.69) is 15.5 Å². The molecule has 0 aliphatic carbocycles. The SMILES string of the molecule is Cl.O=C(CCC(=O)c1ccc(F)cc1F)NCCN1CCNCC1. The average Bonchev–Trinajstić information content (AvgIpc) is 2.53. The molecular formula is C16H22ClF2N3O2. The third kappa shape index (κ3) is 6.51. The number of hydrogen-bond acceptors (Lipinski definition) is 4. The van der Waals surface area contributed by atoms with E-state index >= 15 is 0 Å². The Balaban J connectivity index is 0.00000288. The van der Waals surface area contributed by atoms with Gasteiger partial charge in [0, 0.05) is 58.2 Å². The molecule has 1 amide bonds. The number of amides is 1. The van der Waals surface area contributed by atoms with Gasteiger partial charge in [0.05, 0.1) is 5.56 Å². The number of carbonyl (C=O) groups excluding carboxylic acids is 2. The largest absolute Gasteiger partial charge is 0.355 e. The molecule has 1 heterocycles. The molecule has 1 saturated heterocycles. The summed E-state index contributed by atoms with van der Waals surface area (Å²) in [5.74, 6) is -2.37. The van der Waals surface area contributed by atoms with Crippen molar-refractivity contribution in [1.29, 1.82) is 0 Å². The molecule has 0 radical (unpaired) electrons. The minimum absolute atomic E-state index is 0. The van der Waals surface area contributed by atoms with Crippen LogP contribution >= 0.6 is 12.4 Å². The van der Waals surface area contributed by atoms with Crippen LogP contribution in [0.5, 0.6) is 0 Å². The summed E-state index contributed by atoms with van der Waals surface area (Å²) in [6.07, 6.45) is -0.0980. The second-order valence-corrected chi connectivity index (χ2v) is 5.49. The van der Waals surface area contributed by atoms with Crippen molar-refractivity contribution in [3.8, 4) is 0 Å². The normalized spacial score (nSPS) is 14.8. The first-order valence-electron chi connectivity index (χ1n) is 7.74. The minimum Gasteiger partial charge on any atom is -0.355 e. The van der Waals surface area contributed by atoms with Gasteiger partial charge in [-0.15, -0.1) is 12.4 Å². The number of carbonyl (C=O) groups is 2. The first kappa shape index (κ1) is 20.5. The third-order valence-corrected chi connectivity index (χ3v) is 3.77. The standard InChI is InChI=1S/C16H21F2N3O2.ClH/c17-12-1-2-13(14(18)11-12)15(22)3-4-16(23)20-7-10-21-8-5-19-6-9-21;/h1-2,11,19H,3-10H2,(H,20,23);1H. The average molecular weight is 362 g/mol. The molecule has 1 fully saturated rings. The van der Waals surface area contributed by atoms with Crippen LogP contribution in [0.3, 0.4) is 0 Å². The van der Waals surface area contributed by atoms with E-state index in [-0.39, 0.29) is 36.7 Å². The second-order valence-electron chi connectivity index (χ2n) is 5.49. The van der Waals surface area contributed by atoms with E-state index in [0.29, 0.717) is 12.6 Å². The number of nitrogens with one attached hydrogen (secondary N) is 2. The van der Waals surface area contributed by atoms with Gasteiger partial charge < -0.3 is 10.6 Å². The molecular weight excluding hydrogens is 340 g/mol. The molecule has 0 bridgehead atoms. The van der Waals surface area contributed by atoms with Crippen molar-refractivity contribution < 1.29 is 18.4 Å². The molecule has 2 N–H and O–H groups in total. The zero-order valence-corrected chi connectivity index (χ0v) is 14.1. The predicted octanol–water partition coefficient (Wildman–Crippen LogP) is 1.37. The van der Waals surface area contributed by atoms with Crippen molar-refractivity contribution in [3.05, 3.63) is 35.4 Å². The van der Waals surface area contributed by atoms with Gasteiger partial charge in [-0.1, -0.05) is 0 Å². The fourth-order valence-electron chi connectivity index (χ4n) is 2.45. The number of piperazine rings is 1. The fraction of sp³-hybridized carbons (Fsp3) is 0.500. The van der Waals surface area contributed by atoms with Gasteiger partial charge in [-0.25, -0.2) is 8.78 Å². The zero-order chi connectivity index (χ0) is 16.7. The lowest BCUT2D eigenvalue weighted by Gasteiger charge is -2.27. The topological polar surface area (TPSA) is 61.4 Å². The molecule has 0 unspecified atom stereocenters. The Labute approximate surface area is 146 Å². The lowest BCUT2D eigenvalue weighted by molar-refractivity contribution is -0.121. The molecule has 0 saturated carbocycles. The van der Waals surface area contributed by atoms with E-state index < -0.39 is 17.4 Å². The van der Waals surface area contributed by atoms with E-state index in [1.165, 1.54) is 0 Å². The number of halogens is 3. The van der Waals surface area contributed by atoms with E-state index in [1.807, 2.05) is 0 Å². The number of rotatable bonds is 7. The van der Waals surface area contributed by atoms with Crippen molar-refractivity contribution in [2.45, 2.75) is 12.8 Å². The smallest absolute Gasteiger partial charge is 0.220 e. The number of benzene rings is 1. The lowest BCUT2D eigenvalue weighted by atomic mass is 10.1. The van der Waals surface area contributed by atoms with Crippen molar-refractivity contribution >= 4 is 24.1 Å². The van der Waals surface area contributed by atoms with Crippen LogP contribution in [0, 0.1) is 11.6 Å². The van der Waals surface area contributed by atoms with Gasteiger partial charge in [0.15, 0.2) is 5.78 Å². The van der Waals surface area contributed by atoms with Crippen LogP contribution < -0.4 is 10.6 Å². The Morgan fingerprint density at radius 2 is 1.88 bits per heavy atom. The molecule has 0 atom stereocenters.